The van der Waals surface area contributed by atoms with Crippen molar-refractivity contribution in [1.82, 2.24) is 4.90 Å². The number of hydrogen-bond donors (Lipinski definition) is 1. The smallest absolute Gasteiger partial charge is 0.311 e. The number of nitro benzene ring substituents is 1. The maximum absolute atomic E-state index is 11.6. The van der Waals surface area contributed by atoms with Crippen molar-refractivity contribution in [2.24, 2.45) is 17.6 Å². The van der Waals surface area contributed by atoms with Crippen LogP contribution < -0.4 is 10.5 Å². The van der Waals surface area contributed by atoms with E-state index < -0.39 is 0 Å². The topological polar surface area (TPSA) is 81.6 Å². The third kappa shape index (κ3) is 7.05. The molecule has 0 atom stereocenters. The molecule has 0 radical (unpaired) electrons. The summed E-state index contributed by atoms with van der Waals surface area (Å²) < 4.78 is 5.21. The van der Waals surface area contributed by atoms with Gasteiger partial charge in [-0.2, -0.15) is 0 Å². The van der Waals surface area contributed by atoms with Gasteiger partial charge in [0, 0.05) is 31.2 Å². The van der Waals surface area contributed by atoms with Crippen molar-refractivity contribution >= 4 is 5.69 Å². The van der Waals surface area contributed by atoms with Gasteiger partial charge in [-0.1, -0.05) is 35.9 Å². The molecule has 2 N–H and O–H groups in total. The summed E-state index contributed by atoms with van der Waals surface area (Å²) in [5.74, 6) is 2.00. The molecule has 0 amide bonds. The van der Waals surface area contributed by atoms with Gasteiger partial charge in [-0.3, -0.25) is 15.0 Å². The van der Waals surface area contributed by atoms with E-state index in [1.54, 1.807) is 12.1 Å². The molecule has 0 aromatic heterocycles. The number of methoxy groups -OCH3 is 1. The zero-order valence-electron chi connectivity index (χ0n) is 21.3. The lowest BCUT2D eigenvalue weighted by Crippen LogP contribution is -2.37. The lowest BCUT2D eigenvalue weighted by molar-refractivity contribution is -0.385. The fourth-order valence-corrected chi connectivity index (χ4v) is 6.21. The average Bonchev–Trinajstić information content (AvgIpc) is 2.85. The largest absolute Gasteiger partial charge is 0.490 e. The molecule has 4 rings (SSSR count). The highest BCUT2D eigenvalue weighted by molar-refractivity contribution is 5.48. The minimum Gasteiger partial charge on any atom is -0.490 e. The van der Waals surface area contributed by atoms with Crippen molar-refractivity contribution in [2.45, 2.75) is 89.9 Å². The molecule has 0 spiro atoms. The Kier molecular flexibility index (Phi) is 8.79. The molecule has 2 fully saturated rings. The van der Waals surface area contributed by atoms with Gasteiger partial charge in [-0.25, -0.2) is 0 Å². The normalized spacial score (nSPS) is 24.9. The zero-order chi connectivity index (χ0) is 24.8. The minimum absolute atomic E-state index is 0.0383. The number of nitrogens with two attached hydrogens (primary N) is 1. The average molecular weight is 480 g/mol. The molecule has 6 nitrogen and oxygen atoms in total. The molecule has 35 heavy (non-hydrogen) atoms. The van der Waals surface area contributed by atoms with Crippen LogP contribution in [0.25, 0.3) is 0 Å². The first-order chi connectivity index (χ1) is 16.9. The summed E-state index contributed by atoms with van der Waals surface area (Å²) in [6.45, 7) is 3.69. The lowest BCUT2D eigenvalue weighted by atomic mass is 9.75. The van der Waals surface area contributed by atoms with Crippen LogP contribution in [0.1, 0.15) is 74.5 Å². The van der Waals surface area contributed by atoms with E-state index in [1.165, 1.54) is 76.0 Å². The maximum atomic E-state index is 11.6. The summed E-state index contributed by atoms with van der Waals surface area (Å²) in [6, 6.07) is 15.0. The van der Waals surface area contributed by atoms with Crippen LogP contribution in [0, 0.1) is 28.9 Å². The van der Waals surface area contributed by atoms with Crippen LogP contribution in [0.4, 0.5) is 5.69 Å². The van der Waals surface area contributed by atoms with E-state index in [4.69, 9.17) is 10.5 Å². The molecular formula is C29H41N3O3. The van der Waals surface area contributed by atoms with Crippen LogP contribution in [0.15, 0.2) is 42.5 Å². The Morgan fingerprint density at radius 1 is 0.943 bits per heavy atom. The Labute approximate surface area is 210 Å². The van der Waals surface area contributed by atoms with Gasteiger partial charge in [0.15, 0.2) is 5.75 Å². The van der Waals surface area contributed by atoms with E-state index in [0.29, 0.717) is 24.4 Å². The van der Waals surface area contributed by atoms with Crippen LogP contribution in [0.5, 0.6) is 5.75 Å². The molecule has 0 heterocycles. The number of nitrogens with zero attached hydrogens (tertiary/aromatic N) is 2. The summed E-state index contributed by atoms with van der Waals surface area (Å²) >= 11 is 0. The van der Waals surface area contributed by atoms with E-state index in [1.807, 2.05) is 6.07 Å². The van der Waals surface area contributed by atoms with Crippen LogP contribution in [0.2, 0.25) is 0 Å². The van der Waals surface area contributed by atoms with Crippen molar-refractivity contribution in [1.29, 1.82) is 0 Å². The molecule has 0 unspecified atom stereocenters. The third-order valence-electron chi connectivity index (χ3n) is 8.18. The molecule has 6 heteroatoms. The standard InChI is InChI=1S/C29H41N3O3/c1-21-4-3-5-24(16-21)19-31(20-25-10-15-29(35-2)28(18-25)32(33)34)27-13-8-23(9-14-27)17-22-6-11-26(30)12-7-22/h3-5,10,15-16,18,22-23,26-27H,6-9,11-14,17,19-20,30H2,1-2H3. The monoisotopic (exact) mass is 479 g/mol. The van der Waals surface area contributed by atoms with E-state index in [0.717, 1.165) is 23.9 Å². The molecule has 2 aromatic rings. The number of rotatable bonds is 9. The summed E-state index contributed by atoms with van der Waals surface area (Å²) in [4.78, 5) is 13.8. The second-order valence-electron chi connectivity index (χ2n) is 10.8. The molecular weight excluding hydrogens is 438 g/mol. The first kappa shape index (κ1) is 25.6. The van der Waals surface area contributed by atoms with Crippen LogP contribution >= 0.6 is 0 Å². The number of benzene rings is 2. The van der Waals surface area contributed by atoms with Gasteiger partial charge in [0.2, 0.25) is 0 Å². The Morgan fingerprint density at radius 2 is 1.57 bits per heavy atom. The summed E-state index contributed by atoms with van der Waals surface area (Å²) in [5.41, 5.74) is 9.67. The van der Waals surface area contributed by atoms with Crippen LogP contribution in [-0.2, 0) is 13.1 Å². The minimum atomic E-state index is -0.351. The van der Waals surface area contributed by atoms with Crippen molar-refractivity contribution < 1.29 is 9.66 Å². The van der Waals surface area contributed by atoms with Gasteiger partial charge in [-0.15, -0.1) is 0 Å². The molecule has 2 saturated carbocycles. The molecule has 2 aliphatic carbocycles. The van der Waals surface area contributed by atoms with Crippen LogP contribution in [-0.4, -0.2) is 29.0 Å². The lowest BCUT2D eigenvalue weighted by Gasteiger charge is -2.38. The molecule has 0 aliphatic heterocycles. The summed E-state index contributed by atoms with van der Waals surface area (Å²) in [6.07, 6.45) is 11.3. The number of hydrogen-bond acceptors (Lipinski definition) is 5. The third-order valence-corrected chi connectivity index (χ3v) is 8.18. The first-order valence-corrected chi connectivity index (χ1v) is 13.3. The molecule has 0 bridgehead atoms. The van der Waals surface area contributed by atoms with E-state index in [-0.39, 0.29) is 10.6 Å². The number of aryl methyl sites for hydroxylation is 1. The number of ether oxygens (including phenoxy) is 1. The highest BCUT2D eigenvalue weighted by atomic mass is 16.6. The SMILES string of the molecule is COc1ccc(CN(Cc2cccc(C)c2)C2CCC(CC3CCC(N)CC3)CC2)cc1[N+](=O)[O-]. The molecule has 2 aromatic carbocycles. The summed E-state index contributed by atoms with van der Waals surface area (Å²) in [5, 5.41) is 11.6. The van der Waals surface area contributed by atoms with Gasteiger partial charge >= 0.3 is 5.69 Å². The molecule has 0 saturated heterocycles. The van der Waals surface area contributed by atoms with Crippen molar-refractivity contribution in [3.05, 3.63) is 69.3 Å². The van der Waals surface area contributed by atoms with Gasteiger partial charge in [0.1, 0.15) is 0 Å². The van der Waals surface area contributed by atoms with E-state index in [2.05, 4.69) is 36.1 Å². The Hall–Kier alpha value is -2.44. The predicted octanol–water partition coefficient (Wildman–Crippen LogP) is 6.38. The predicted molar refractivity (Wildman–Crippen MR) is 140 cm³/mol. The summed E-state index contributed by atoms with van der Waals surface area (Å²) in [7, 11) is 1.48. The quantitative estimate of drug-likeness (QED) is 0.333. The second kappa shape index (κ2) is 12.0. The van der Waals surface area contributed by atoms with Crippen molar-refractivity contribution in [3.8, 4) is 5.75 Å². The highest BCUT2D eigenvalue weighted by Crippen LogP contribution is 2.37. The van der Waals surface area contributed by atoms with E-state index >= 15 is 0 Å². The van der Waals surface area contributed by atoms with Gasteiger partial charge in [0.05, 0.1) is 12.0 Å². The Balaban J connectivity index is 1.44. The highest BCUT2D eigenvalue weighted by Gasteiger charge is 2.29. The fraction of sp³-hybridized carbons (Fsp3) is 0.586. The Bertz CT molecular complexity index is 979. The first-order valence-electron chi connectivity index (χ1n) is 13.3. The molecule has 2 aliphatic rings. The zero-order valence-corrected chi connectivity index (χ0v) is 21.3. The van der Waals surface area contributed by atoms with Crippen molar-refractivity contribution in [3.63, 3.8) is 0 Å². The van der Waals surface area contributed by atoms with Gasteiger partial charge in [-0.05, 0) is 93.7 Å². The molecule has 190 valence electrons. The maximum Gasteiger partial charge on any atom is 0.311 e. The van der Waals surface area contributed by atoms with E-state index in [9.17, 15) is 10.1 Å². The second-order valence-corrected chi connectivity index (χ2v) is 10.8. The van der Waals surface area contributed by atoms with Crippen LogP contribution in [0.3, 0.4) is 0 Å². The fourth-order valence-electron chi connectivity index (χ4n) is 6.21. The van der Waals surface area contributed by atoms with Crippen molar-refractivity contribution in [2.75, 3.05) is 7.11 Å². The van der Waals surface area contributed by atoms with Gasteiger partial charge in [0.25, 0.3) is 0 Å². The van der Waals surface area contributed by atoms with Gasteiger partial charge < -0.3 is 10.5 Å². The Morgan fingerprint density at radius 3 is 2.17 bits per heavy atom. The number of nitro groups is 1.